The molecule has 0 spiro atoms. The van der Waals surface area contributed by atoms with E-state index in [4.69, 9.17) is 18.9 Å². The molecular formula is C20H21NO4. The summed E-state index contributed by atoms with van der Waals surface area (Å²) < 4.78 is 24.4. The van der Waals surface area contributed by atoms with Gasteiger partial charge in [0.1, 0.15) is 12.2 Å². The maximum absolute atomic E-state index is 6.28. The Hall–Kier alpha value is -1.76. The summed E-state index contributed by atoms with van der Waals surface area (Å²) >= 11 is 0. The topological polar surface area (TPSA) is 49.0 Å². The lowest BCUT2D eigenvalue weighted by molar-refractivity contribution is -0.278. The maximum atomic E-state index is 6.28. The molecule has 3 fully saturated rings. The van der Waals surface area contributed by atoms with Crippen molar-refractivity contribution in [1.82, 2.24) is 5.32 Å². The summed E-state index contributed by atoms with van der Waals surface area (Å²) in [4.78, 5) is 0. The minimum absolute atomic E-state index is 0.0425. The first-order valence-corrected chi connectivity index (χ1v) is 8.78. The molecule has 2 aromatic rings. The lowest BCUT2D eigenvalue weighted by Gasteiger charge is -2.37. The molecule has 5 nitrogen and oxygen atoms in total. The normalized spacial score (nSPS) is 37.3. The molecule has 5 heteroatoms. The summed E-state index contributed by atoms with van der Waals surface area (Å²) in [5, 5.41) is 3.54. The third-order valence-electron chi connectivity index (χ3n) is 5.10. The van der Waals surface area contributed by atoms with Gasteiger partial charge in [-0.2, -0.15) is 0 Å². The molecule has 3 heterocycles. The molecule has 1 N–H and O–H groups in total. The highest BCUT2D eigenvalue weighted by atomic mass is 16.7. The van der Waals surface area contributed by atoms with Crippen LogP contribution in [0, 0.1) is 0 Å². The Morgan fingerprint density at radius 3 is 1.52 bits per heavy atom. The molecule has 130 valence electrons. The molecule has 6 atom stereocenters. The molecule has 0 aliphatic carbocycles. The Morgan fingerprint density at radius 1 is 0.640 bits per heavy atom. The van der Waals surface area contributed by atoms with Crippen LogP contribution in [0.1, 0.15) is 23.7 Å². The van der Waals surface area contributed by atoms with Crippen LogP contribution < -0.4 is 5.32 Å². The van der Waals surface area contributed by atoms with Gasteiger partial charge in [-0.3, -0.25) is 0 Å². The van der Waals surface area contributed by atoms with Crippen molar-refractivity contribution in [1.29, 1.82) is 0 Å². The van der Waals surface area contributed by atoms with E-state index < -0.39 is 0 Å². The smallest absolute Gasteiger partial charge is 0.184 e. The minimum Gasteiger partial charge on any atom is -0.347 e. The Labute approximate surface area is 146 Å². The highest BCUT2D eigenvalue weighted by molar-refractivity contribution is 5.19. The predicted molar refractivity (Wildman–Crippen MR) is 90.7 cm³/mol. The quantitative estimate of drug-likeness (QED) is 0.911. The summed E-state index contributed by atoms with van der Waals surface area (Å²) in [7, 11) is 0. The van der Waals surface area contributed by atoms with E-state index >= 15 is 0 Å². The van der Waals surface area contributed by atoms with Crippen LogP contribution in [0.2, 0.25) is 0 Å². The van der Waals surface area contributed by atoms with Crippen molar-refractivity contribution < 1.29 is 18.9 Å². The molecular weight excluding hydrogens is 318 g/mol. The highest BCUT2D eigenvalue weighted by Crippen LogP contribution is 2.38. The standard InChI is InChI=1S/C20H21NO4/c1-3-7-13(8-4-1)19-22-11-15-17(24-19)18-16(21-15)12-23-20(25-18)14-9-5-2-6-10-14/h1-10,15-21H,11-12H2/t15-,16-,17+,18+,19+,20+/m1/s1. The van der Waals surface area contributed by atoms with Crippen molar-refractivity contribution >= 4 is 0 Å². The van der Waals surface area contributed by atoms with E-state index in [1.807, 2.05) is 60.7 Å². The van der Waals surface area contributed by atoms with E-state index in [1.54, 1.807) is 0 Å². The van der Waals surface area contributed by atoms with Crippen molar-refractivity contribution in [2.75, 3.05) is 13.2 Å². The molecule has 0 radical (unpaired) electrons. The van der Waals surface area contributed by atoms with Crippen molar-refractivity contribution in [3.63, 3.8) is 0 Å². The van der Waals surface area contributed by atoms with Gasteiger partial charge in [0.15, 0.2) is 12.6 Å². The first-order chi connectivity index (χ1) is 12.4. The molecule has 3 aliphatic rings. The van der Waals surface area contributed by atoms with Gasteiger partial charge in [-0.25, -0.2) is 0 Å². The molecule has 2 aromatic carbocycles. The van der Waals surface area contributed by atoms with Gasteiger partial charge in [-0.1, -0.05) is 60.7 Å². The molecule has 3 saturated heterocycles. The average molecular weight is 339 g/mol. The van der Waals surface area contributed by atoms with Crippen molar-refractivity contribution in [3.8, 4) is 0 Å². The van der Waals surface area contributed by atoms with Crippen LogP contribution in [0.3, 0.4) is 0 Å². The average Bonchev–Trinajstić information content (AvgIpc) is 3.06. The van der Waals surface area contributed by atoms with E-state index in [0.717, 1.165) is 11.1 Å². The molecule has 0 bridgehead atoms. The van der Waals surface area contributed by atoms with Crippen LogP contribution in [-0.2, 0) is 18.9 Å². The Bertz CT molecular complexity index is 649. The van der Waals surface area contributed by atoms with Gasteiger partial charge in [-0.15, -0.1) is 0 Å². The van der Waals surface area contributed by atoms with Gasteiger partial charge >= 0.3 is 0 Å². The van der Waals surface area contributed by atoms with E-state index in [1.165, 1.54) is 0 Å². The minimum atomic E-state index is -0.343. The van der Waals surface area contributed by atoms with Crippen LogP contribution in [-0.4, -0.2) is 37.5 Å². The number of fused-ring (bicyclic) bond motifs is 3. The largest absolute Gasteiger partial charge is 0.347 e. The van der Waals surface area contributed by atoms with Gasteiger partial charge in [-0.05, 0) is 0 Å². The fourth-order valence-corrected chi connectivity index (χ4v) is 3.87. The van der Waals surface area contributed by atoms with Gasteiger partial charge in [0.2, 0.25) is 0 Å². The van der Waals surface area contributed by atoms with E-state index in [0.29, 0.717) is 13.2 Å². The number of benzene rings is 2. The van der Waals surface area contributed by atoms with Crippen molar-refractivity contribution in [2.24, 2.45) is 0 Å². The SMILES string of the molecule is c1ccc([C@H]2OC[C@H]3N[C@@H]4CO[C@H](c5ccccc5)O[C@@H]4[C@H]3O2)cc1. The molecule has 0 amide bonds. The van der Waals surface area contributed by atoms with Crippen molar-refractivity contribution in [2.45, 2.75) is 36.9 Å². The zero-order valence-electron chi connectivity index (χ0n) is 13.8. The van der Waals surface area contributed by atoms with Crippen LogP contribution >= 0.6 is 0 Å². The Balaban J connectivity index is 1.34. The number of hydrogen-bond acceptors (Lipinski definition) is 5. The van der Waals surface area contributed by atoms with Crippen LogP contribution in [0.4, 0.5) is 0 Å². The molecule has 0 unspecified atom stereocenters. The third kappa shape index (κ3) is 2.88. The lowest BCUT2D eigenvalue weighted by Crippen LogP contribution is -2.47. The second-order valence-electron chi connectivity index (χ2n) is 6.73. The molecule has 0 saturated carbocycles. The molecule has 5 rings (SSSR count). The van der Waals surface area contributed by atoms with E-state index in [-0.39, 0.29) is 36.9 Å². The van der Waals surface area contributed by atoms with E-state index in [2.05, 4.69) is 5.32 Å². The third-order valence-corrected chi connectivity index (χ3v) is 5.10. The summed E-state index contributed by atoms with van der Waals surface area (Å²) in [5.74, 6) is 0. The van der Waals surface area contributed by atoms with Crippen LogP contribution in [0.15, 0.2) is 60.7 Å². The fraction of sp³-hybridized carbons (Fsp3) is 0.400. The Morgan fingerprint density at radius 2 is 1.08 bits per heavy atom. The van der Waals surface area contributed by atoms with Crippen LogP contribution in [0.5, 0.6) is 0 Å². The Kier molecular flexibility index (Phi) is 4.04. The summed E-state index contributed by atoms with van der Waals surface area (Å²) in [6.45, 7) is 1.22. The van der Waals surface area contributed by atoms with Crippen molar-refractivity contribution in [3.05, 3.63) is 71.8 Å². The second-order valence-corrected chi connectivity index (χ2v) is 6.73. The summed E-state index contributed by atoms with van der Waals surface area (Å²) in [6.07, 6.45) is -0.771. The number of ether oxygens (including phenoxy) is 4. The van der Waals surface area contributed by atoms with E-state index in [9.17, 15) is 0 Å². The zero-order valence-corrected chi connectivity index (χ0v) is 13.8. The summed E-state index contributed by atoms with van der Waals surface area (Å²) in [5.41, 5.74) is 2.08. The van der Waals surface area contributed by atoms with Gasteiger partial charge in [0, 0.05) is 11.1 Å². The van der Waals surface area contributed by atoms with Gasteiger partial charge < -0.3 is 24.3 Å². The first-order valence-electron chi connectivity index (χ1n) is 8.78. The highest BCUT2D eigenvalue weighted by Gasteiger charge is 2.51. The number of nitrogens with one attached hydrogen (secondary N) is 1. The predicted octanol–water partition coefficient (Wildman–Crippen LogP) is 2.56. The maximum Gasteiger partial charge on any atom is 0.184 e. The number of rotatable bonds is 2. The fourth-order valence-electron chi connectivity index (χ4n) is 3.87. The lowest BCUT2D eigenvalue weighted by atomic mass is 10.0. The zero-order chi connectivity index (χ0) is 16.6. The second kappa shape index (κ2) is 6.52. The van der Waals surface area contributed by atoms with Crippen LogP contribution in [0.25, 0.3) is 0 Å². The summed E-state index contributed by atoms with van der Waals surface area (Å²) in [6, 6.07) is 20.4. The van der Waals surface area contributed by atoms with Gasteiger partial charge in [0.25, 0.3) is 0 Å². The number of hydrogen-bond donors (Lipinski definition) is 1. The monoisotopic (exact) mass is 339 g/mol. The molecule has 0 aromatic heterocycles. The first kappa shape index (κ1) is 15.5. The van der Waals surface area contributed by atoms with Gasteiger partial charge in [0.05, 0.1) is 25.3 Å². The molecule has 25 heavy (non-hydrogen) atoms. The molecule has 3 aliphatic heterocycles.